The third-order valence-corrected chi connectivity index (χ3v) is 5.35. The molecular formula is C24H27N3O4. The molecular weight excluding hydrogens is 394 g/mol. The largest absolute Gasteiger partial charge is 0.473 e. The molecule has 0 radical (unpaired) electrons. The van der Waals surface area contributed by atoms with Crippen LogP contribution in [0.2, 0.25) is 0 Å². The molecule has 2 N–H and O–H groups in total. The van der Waals surface area contributed by atoms with E-state index in [0.717, 1.165) is 24.5 Å². The van der Waals surface area contributed by atoms with E-state index in [2.05, 4.69) is 81.2 Å². The Labute approximate surface area is 181 Å². The van der Waals surface area contributed by atoms with Crippen LogP contribution in [0, 0.1) is 5.92 Å². The average molecular weight is 421 g/mol. The molecule has 1 saturated heterocycles. The van der Waals surface area contributed by atoms with Crippen LogP contribution in [-0.2, 0) is 16.1 Å². The summed E-state index contributed by atoms with van der Waals surface area (Å²) in [6.45, 7) is 4.52. The maximum Gasteiger partial charge on any atom is 0.414 e. The van der Waals surface area contributed by atoms with Gasteiger partial charge in [-0.25, -0.2) is 14.6 Å². The van der Waals surface area contributed by atoms with Gasteiger partial charge in [-0.1, -0.05) is 54.6 Å². The second-order valence-electron chi connectivity index (χ2n) is 7.55. The molecule has 1 fully saturated rings. The molecule has 162 valence electrons. The van der Waals surface area contributed by atoms with Crippen molar-refractivity contribution in [2.45, 2.75) is 19.4 Å². The summed E-state index contributed by atoms with van der Waals surface area (Å²) in [6.07, 6.45) is 9.06. The van der Waals surface area contributed by atoms with Crippen molar-refractivity contribution in [3.63, 3.8) is 0 Å². The van der Waals surface area contributed by atoms with Gasteiger partial charge >= 0.3 is 11.9 Å². The predicted octanol–water partition coefficient (Wildman–Crippen LogP) is 3.62. The highest BCUT2D eigenvalue weighted by atomic mass is 16.4. The zero-order valence-electron chi connectivity index (χ0n) is 17.3. The van der Waals surface area contributed by atoms with Gasteiger partial charge in [0.1, 0.15) is 0 Å². The van der Waals surface area contributed by atoms with Crippen molar-refractivity contribution in [2.24, 2.45) is 5.92 Å². The molecule has 1 aliphatic heterocycles. The van der Waals surface area contributed by atoms with Crippen LogP contribution >= 0.6 is 0 Å². The Morgan fingerprint density at radius 1 is 0.968 bits per heavy atom. The molecule has 0 bridgehead atoms. The summed E-state index contributed by atoms with van der Waals surface area (Å²) in [5.74, 6) is -2.89. The Kier molecular flexibility index (Phi) is 7.95. The molecule has 2 heterocycles. The van der Waals surface area contributed by atoms with Gasteiger partial charge in [0.2, 0.25) is 0 Å². The quantitative estimate of drug-likeness (QED) is 0.611. The van der Waals surface area contributed by atoms with Gasteiger partial charge < -0.3 is 14.8 Å². The van der Waals surface area contributed by atoms with E-state index in [0.29, 0.717) is 0 Å². The molecule has 0 amide bonds. The number of hydrogen-bond donors (Lipinski definition) is 2. The third kappa shape index (κ3) is 6.79. The predicted molar refractivity (Wildman–Crippen MR) is 120 cm³/mol. The smallest absolute Gasteiger partial charge is 0.414 e. The molecule has 4 rings (SSSR count). The normalized spacial score (nSPS) is 15.0. The van der Waals surface area contributed by atoms with Gasteiger partial charge in [0, 0.05) is 13.1 Å². The molecule has 0 aliphatic carbocycles. The number of likely N-dealkylation sites (tertiary alicyclic amines) is 1. The summed E-state index contributed by atoms with van der Waals surface area (Å²) in [7, 11) is 0. The van der Waals surface area contributed by atoms with E-state index in [1.165, 1.54) is 37.0 Å². The van der Waals surface area contributed by atoms with Crippen LogP contribution in [0.5, 0.6) is 0 Å². The lowest BCUT2D eigenvalue weighted by Gasteiger charge is -2.31. The Morgan fingerprint density at radius 2 is 1.61 bits per heavy atom. The fourth-order valence-electron chi connectivity index (χ4n) is 3.69. The van der Waals surface area contributed by atoms with Crippen molar-refractivity contribution in [3.05, 3.63) is 72.6 Å². The number of para-hydroxylation sites is 2. The number of aromatic nitrogens is 2. The van der Waals surface area contributed by atoms with E-state index in [1.807, 2.05) is 6.33 Å². The van der Waals surface area contributed by atoms with E-state index < -0.39 is 11.9 Å². The van der Waals surface area contributed by atoms with Gasteiger partial charge in [-0.3, -0.25) is 4.90 Å². The number of aliphatic carboxylic acids is 2. The van der Waals surface area contributed by atoms with Crippen LogP contribution in [0.3, 0.4) is 0 Å². The molecule has 31 heavy (non-hydrogen) atoms. The van der Waals surface area contributed by atoms with Crippen LogP contribution in [0.25, 0.3) is 17.1 Å². The van der Waals surface area contributed by atoms with Crippen molar-refractivity contribution >= 4 is 29.0 Å². The summed E-state index contributed by atoms with van der Waals surface area (Å²) in [5, 5.41) is 14.8. The summed E-state index contributed by atoms with van der Waals surface area (Å²) >= 11 is 0. The SMILES string of the molecule is C(=C\c1ccccc1)/CN1CCC(Cn2cnc3ccccc32)CC1.O=C(O)C(=O)O. The first kappa shape index (κ1) is 22.2. The van der Waals surface area contributed by atoms with Crippen molar-refractivity contribution in [1.82, 2.24) is 14.5 Å². The maximum absolute atomic E-state index is 9.10. The number of fused-ring (bicyclic) bond motifs is 1. The highest BCUT2D eigenvalue weighted by Gasteiger charge is 2.19. The monoisotopic (exact) mass is 421 g/mol. The van der Waals surface area contributed by atoms with Gasteiger partial charge in [0.15, 0.2) is 0 Å². The Hall–Kier alpha value is -3.45. The van der Waals surface area contributed by atoms with E-state index in [4.69, 9.17) is 19.8 Å². The first-order valence-electron chi connectivity index (χ1n) is 10.3. The number of piperidine rings is 1. The topological polar surface area (TPSA) is 95.7 Å². The number of rotatable bonds is 5. The lowest BCUT2D eigenvalue weighted by Crippen LogP contribution is -2.35. The Morgan fingerprint density at radius 3 is 2.29 bits per heavy atom. The number of carbonyl (C=O) groups is 2. The van der Waals surface area contributed by atoms with E-state index in [9.17, 15) is 0 Å². The Balaban J connectivity index is 0.000000401. The lowest BCUT2D eigenvalue weighted by molar-refractivity contribution is -0.159. The molecule has 0 spiro atoms. The average Bonchev–Trinajstić information content (AvgIpc) is 3.19. The zero-order valence-corrected chi connectivity index (χ0v) is 17.3. The van der Waals surface area contributed by atoms with E-state index in [-0.39, 0.29) is 0 Å². The second-order valence-corrected chi connectivity index (χ2v) is 7.55. The molecule has 0 saturated carbocycles. The number of benzene rings is 2. The number of hydrogen-bond acceptors (Lipinski definition) is 4. The first-order valence-corrected chi connectivity index (χ1v) is 10.3. The molecule has 7 nitrogen and oxygen atoms in total. The van der Waals surface area contributed by atoms with Crippen LogP contribution in [0.4, 0.5) is 0 Å². The standard InChI is InChI=1S/C22H25N3.C2H2O4/c1-2-7-19(8-3-1)9-6-14-24-15-12-20(13-16-24)17-25-18-23-21-10-4-5-11-22(21)25;3-1(4)2(5)6/h1-11,18,20H,12-17H2;(H,3,4)(H,5,6)/b9-6+;. The highest BCUT2D eigenvalue weighted by molar-refractivity contribution is 6.27. The van der Waals surface area contributed by atoms with Crippen molar-refractivity contribution in [1.29, 1.82) is 0 Å². The summed E-state index contributed by atoms with van der Waals surface area (Å²) in [5.41, 5.74) is 3.64. The van der Waals surface area contributed by atoms with Gasteiger partial charge in [-0.05, 0) is 49.5 Å². The van der Waals surface area contributed by atoms with Gasteiger partial charge in [-0.15, -0.1) is 0 Å². The number of nitrogens with zero attached hydrogens (tertiary/aromatic N) is 3. The summed E-state index contributed by atoms with van der Waals surface area (Å²) in [4.78, 5) is 25.3. The van der Waals surface area contributed by atoms with Crippen LogP contribution < -0.4 is 0 Å². The fraction of sp³-hybridized carbons (Fsp3) is 0.292. The van der Waals surface area contributed by atoms with Crippen molar-refractivity contribution in [2.75, 3.05) is 19.6 Å². The highest BCUT2D eigenvalue weighted by Crippen LogP contribution is 2.21. The lowest BCUT2D eigenvalue weighted by atomic mass is 9.96. The van der Waals surface area contributed by atoms with Crippen LogP contribution in [-0.4, -0.2) is 56.2 Å². The van der Waals surface area contributed by atoms with Crippen LogP contribution in [0.15, 0.2) is 67.0 Å². The van der Waals surface area contributed by atoms with Crippen molar-refractivity contribution in [3.8, 4) is 0 Å². The molecule has 7 heteroatoms. The zero-order chi connectivity index (χ0) is 22.1. The number of carboxylic acid groups (broad SMARTS) is 2. The van der Waals surface area contributed by atoms with Gasteiger partial charge in [0.05, 0.1) is 17.4 Å². The second kappa shape index (κ2) is 11.1. The van der Waals surface area contributed by atoms with Gasteiger partial charge in [-0.2, -0.15) is 0 Å². The number of carboxylic acids is 2. The molecule has 0 unspecified atom stereocenters. The van der Waals surface area contributed by atoms with Crippen LogP contribution in [0.1, 0.15) is 18.4 Å². The number of imidazole rings is 1. The fourth-order valence-corrected chi connectivity index (χ4v) is 3.69. The minimum atomic E-state index is -1.82. The minimum absolute atomic E-state index is 0.756. The van der Waals surface area contributed by atoms with Gasteiger partial charge in [0.25, 0.3) is 0 Å². The minimum Gasteiger partial charge on any atom is -0.473 e. The summed E-state index contributed by atoms with van der Waals surface area (Å²) < 4.78 is 2.32. The molecule has 2 aromatic carbocycles. The van der Waals surface area contributed by atoms with E-state index in [1.54, 1.807) is 0 Å². The maximum atomic E-state index is 9.10. The molecule has 1 aromatic heterocycles. The van der Waals surface area contributed by atoms with Crippen molar-refractivity contribution < 1.29 is 19.8 Å². The Bertz CT molecular complexity index is 1010. The molecule has 0 atom stereocenters. The molecule has 3 aromatic rings. The third-order valence-electron chi connectivity index (χ3n) is 5.35. The summed E-state index contributed by atoms with van der Waals surface area (Å²) in [6, 6.07) is 19.0. The molecule has 1 aliphatic rings. The van der Waals surface area contributed by atoms with E-state index >= 15 is 0 Å². The first-order chi connectivity index (χ1) is 15.0.